The molecular formula is C16H19F2N3O4S. The number of benzene rings is 1. The molecule has 142 valence electrons. The van der Waals surface area contributed by atoms with Crippen molar-refractivity contribution in [3.05, 3.63) is 41.5 Å². The first-order valence-electron chi connectivity index (χ1n) is 8.22. The highest BCUT2D eigenvalue weighted by molar-refractivity contribution is 7.89. The standard InChI is InChI=1S/C16H19F2N3O4S/c1-11-19-16(20-25-11)6-9-24-12-4-7-21(8-5-12)26(22,23)13-2-3-14(17)15(18)10-13/h2-3,10,12H,4-9H2,1H3. The minimum Gasteiger partial charge on any atom is -0.378 e. The molecular weight excluding hydrogens is 368 g/mol. The van der Waals surface area contributed by atoms with Crippen molar-refractivity contribution >= 4 is 10.0 Å². The number of halogens is 2. The van der Waals surface area contributed by atoms with Gasteiger partial charge < -0.3 is 9.26 Å². The molecule has 2 heterocycles. The molecule has 1 aromatic heterocycles. The highest BCUT2D eigenvalue weighted by Gasteiger charge is 2.30. The Balaban J connectivity index is 1.51. The summed E-state index contributed by atoms with van der Waals surface area (Å²) in [5, 5.41) is 3.78. The molecule has 0 spiro atoms. The molecule has 0 atom stereocenters. The van der Waals surface area contributed by atoms with Crippen LogP contribution >= 0.6 is 0 Å². The zero-order valence-electron chi connectivity index (χ0n) is 14.2. The third kappa shape index (κ3) is 4.25. The quantitative estimate of drug-likeness (QED) is 0.754. The van der Waals surface area contributed by atoms with Crippen LogP contribution in [0.3, 0.4) is 0 Å². The van der Waals surface area contributed by atoms with Crippen molar-refractivity contribution in [1.29, 1.82) is 0 Å². The molecule has 0 saturated carbocycles. The zero-order chi connectivity index (χ0) is 18.7. The van der Waals surface area contributed by atoms with Gasteiger partial charge in [-0.25, -0.2) is 17.2 Å². The molecule has 0 bridgehead atoms. The van der Waals surface area contributed by atoms with Gasteiger partial charge in [0.05, 0.1) is 17.6 Å². The normalized spacial score (nSPS) is 16.9. The molecule has 0 amide bonds. The number of hydrogen-bond acceptors (Lipinski definition) is 6. The molecule has 0 aliphatic carbocycles. The fraction of sp³-hybridized carbons (Fsp3) is 0.500. The molecule has 2 aromatic rings. The number of aromatic nitrogens is 2. The van der Waals surface area contributed by atoms with Gasteiger partial charge >= 0.3 is 0 Å². The van der Waals surface area contributed by atoms with Crippen molar-refractivity contribution in [2.75, 3.05) is 19.7 Å². The van der Waals surface area contributed by atoms with Gasteiger partial charge in [0.25, 0.3) is 0 Å². The molecule has 0 unspecified atom stereocenters. The fourth-order valence-corrected chi connectivity index (χ4v) is 4.27. The summed E-state index contributed by atoms with van der Waals surface area (Å²) in [6, 6.07) is 2.60. The van der Waals surface area contributed by atoms with Crippen LogP contribution in [0.4, 0.5) is 8.78 Å². The van der Waals surface area contributed by atoms with E-state index in [1.807, 2.05) is 0 Å². The number of piperidine rings is 1. The summed E-state index contributed by atoms with van der Waals surface area (Å²) in [5.74, 6) is -1.19. The molecule has 26 heavy (non-hydrogen) atoms. The lowest BCUT2D eigenvalue weighted by Crippen LogP contribution is -2.41. The van der Waals surface area contributed by atoms with Crippen LogP contribution in [0.15, 0.2) is 27.6 Å². The van der Waals surface area contributed by atoms with Crippen molar-refractivity contribution in [2.45, 2.75) is 37.2 Å². The largest absolute Gasteiger partial charge is 0.378 e. The first-order valence-corrected chi connectivity index (χ1v) is 9.66. The highest BCUT2D eigenvalue weighted by atomic mass is 32.2. The van der Waals surface area contributed by atoms with E-state index in [9.17, 15) is 17.2 Å². The second-order valence-corrected chi connectivity index (χ2v) is 7.97. The maximum atomic E-state index is 13.3. The number of rotatable bonds is 6. The Labute approximate surface area is 150 Å². The number of sulfonamides is 1. The highest BCUT2D eigenvalue weighted by Crippen LogP contribution is 2.23. The van der Waals surface area contributed by atoms with Crippen LogP contribution in [0.5, 0.6) is 0 Å². The summed E-state index contributed by atoms with van der Waals surface area (Å²) >= 11 is 0. The van der Waals surface area contributed by atoms with E-state index in [2.05, 4.69) is 10.1 Å². The maximum Gasteiger partial charge on any atom is 0.243 e. The number of hydrogen-bond donors (Lipinski definition) is 0. The van der Waals surface area contributed by atoms with Gasteiger partial charge in [0, 0.05) is 26.4 Å². The Morgan fingerprint density at radius 2 is 2.00 bits per heavy atom. The lowest BCUT2D eigenvalue weighted by atomic mass is 10.1. The lowest BCUT2D eigenvalue weighted by Gasteiger charge is -2.31. The van der Waals surface area contributed by atoms with E-state index in [0.29, 0.717) is 43.7 Å². The first kappa shape index (κ1) is 18.9. The number of ether oxygens (including phenoxy) is 1. The van der Waals surface area contributed by atoms with Crippen molar-refractivity contribution in [1.82, 2.24) is 14.4 Å². The van der Waals surface area contributed by atoms with E-state index in [0.717, 1.165) is 12.1 Å². The third-order valence-corrected chi connectivity index (χ3v) is 6.07. The van der Waals surface area contributed by atoms with Gasteiger partial charge in [-0.2, -0.15) is 9.29 Å². The summed E-state index contributed by atoms with van der Waals surface area (Å²) in [4.78, 5) is 3.83. The molecule has 1 fully saturated rings. The SMILES string of the molecule is Cc1nc(CCOC2CCN(S(=O)(=O)c3ccc(F)c(F)c3)CC2)no1. The predicted molar refractivity (Wildman–Crippen MR) is 86.8 cm³/mol. The van der Waals surface area contributed by atoms with Crippen LogP contribution in [-0.4, -0.2) is 48.7 Å². The van der Waals surface area contributed by atoms with Crippen LogP contribution in [0.1, 0.15) is 24.6 Å². The monoisotopic (exact) mass is 387 g/mol. The smallest absolute Gasteiger partial charge is 0.243 e. The topological polar surface area (TPSA) is 85.5 Å². The van der Waals surface area contributed by atoms with Gasteiger partial charge in [0.2, 0.25) is 15.9 Å². The number of nitrogens with zero attached hydrogens (tertiary/aromatic N) is 3. The van der Waals surface area contributed by atoms with Crippen LogP contribution in [-0.2, 0) is 21.2 Å². The van der Waals surface area contributed by atoms with Crippen LogP contribution in [0.2, 0.25) is 0 Å². The Kier molecular flexibility index (Phi) is 5.64. The molecule has 3 rings (SSSR count). The van der Waals surface area contributed by atoms with E-state index in [1.54, 1.807) is 6.92 Å². The fourth-order valence-electron chi connectivity index (χ4n) is 2.79. The summed E-state index contributed by atoms with van der Waals surface area (Å²) < 4.78 is 63.3. The van der Waals surface area contributed by atoms with E-state index in [-0.39, 0.29) is 24.1 Å². The summed E-state index contributed by atoms with van der Waals surface area (Å²) in [5.41, 5.74) is 0. The van der Waals surface area contributed by atoms with Gasteiger partial charge in [-0.05, 0) is 31.0 Å². The number of aryl methyl sites for hydroxylation is 1. The first-order chi connectivity index (χ1) is 12.4. The Bertz CT molecular complexity index is 864. The van der Waals surface area contributed by atoms with Gasteiger partial charge in [0.1, 0.15) is 0 Å². The minimum atomic E-state index is -3.85. The van der Waals surface area contributed by atoms with Crippen molar-refractivity contribution < 1.29 is 26.5 Å². The van der Waals surface area contributed by atoms with Gasteiger partial charge in [-0.3, -0.25) is 0 Å². The zero-order valence-corrected chi connectivity index (χ0v) is 15.0. The van der Waals surface area contributed by atoms with E-state index in [4.69, 9.17) is 9.26 Å². The molecule has 1 saturated heterocycles. The Morgan fingerprint density at radius 1 is 1.27 bits per heavy atom. The Morgan fingerprint density at radius 3 is 2.62 bits per heavy atom. The van der Waals surface area contributed by atoms with Crippen LogP contribution in [0.25, 0.3) is 0 Å². The van der Waals surface area contributed by atoms with Crippen molar-refractivity contribution in [3.63, 3.8) is 0 Å². The van der Waals surface area contributed by atoms with Crippen molar-refractivity contribution in [2.24, 2.45) is 0 Å². The Hall–Kier alpha value is -1.91. The average molecular weight is 387 g/mol. The predicted octanol–water partition coefficient (Wildman–Crippen LogP) is 2.07. The van der Waals surface area contributed by atoms with Crippen molar-refractivity contribution in [3.8, 4) is 0 Å². The molecule has 0 radical (unpaired) electrons. The minimum absolute atomic E-state index is 0.0700. The third-order valence-electron chi connectivity index (χ3n) is 4.18. The summed E-state index contributed by atoms with van der Waals surface area (Å²) in [7, 11) is -3.85. The molecule has 1 aromatic carbocycles. The molecule has 7 nitrogen and oxygen atoms in total. The molecule has 1 aliphatic heterocycles. The van der Waals surface area contributed by atoms with Gasteiger partial charge in [0.15, 0.2) is 17.5 Å². The maximum absolute atomic E-state index is 13.3. The van der Waals surface area contributed by atoms with E-state index >= 15 is 0 Å². The summed E-state index contributed by atoms with van der Waals surface area (Å²) in [6.45, 7) is 2.64. The second kappa shape index (κ2) is 7.77. The van der Waals surface area contributed by atoms with E-state index in [1.165, 1.54) is 4.31 Å². The molecule has 10 heteroatoms. The lowest BCUT2D eigenvalue weighted by molar-refractivity contribution is 0.0222. The van der Waals surface area contributed by atoms with Gasteiger partial charge in [-0.15, -0.1) is 0 Å². The van der Waals surface area contributed by atoms with Crippen LogP contribution < -0.4 is 0 Å². The van der Waals surface area contributed by atoms with E-state index < -0.39 is 21.7 Å². The van der Waals surface area contributed by atoms with Crippen LogP contribution in [0, 0.1) is 18.6 Å². The molecule has 1 aliphatic rings. The van der Waals surface area contributed by atoms with Gasteiger partial charge in [-0.1, -0.05) is 5.16 Å². The molecule has 0 N–H and O–H groups in total. The summed E-state index contributed by atoms with van der Waals surface area (Å²) in [6.07, 6.45) is 1.49. The average Bonchev–Trinajstić information content (AvgIpc) is 3.03. The second-order valence-electron chi connectivity index (χ2n) is 6.03.